The van der Waals surface area contributed by atoms with E-state index in [1.54, 1.807) is 0 Å². The van der Waals surface area contributed by atoms with Crippen LogP contribution in [0, 0.1) is 16.7 Å². The van der Waals surface area contributed by atoms with Crippen LogP contribution in [0.1, 0.15) is 59.8 Å². The van der Waals surface area contributed by atoms with E-state index >= 15 is 0 Å². The highest BCUT2D eigenvalue weighted by molar-refractivity contribution is 6.05. The van der Waals surface area contributed by atoms with Crippen molar-refractivity contribution in [3.8, 4) is 0 Å². The summed E-state index contributed by atoms with van der Waals surface area (Å²) in [5.41, 5.74) is -0.0418. The molecule has 3 nitrogen and oxygen atoms in total. The Kier molecular flexibility index (Phi) is 3.28. The SMILES string of the molecule is CC1(C)CCC(CN2C(=O)CC(C)(C)C2=O)CC1. The molecule has 0 radical (unpaired) electrons. The van der Waals surface area contributed by atoms with Gasteiger partial charge in [-0.1, -0.05) is 27.7 Å². The van der Waals surface area contributed by atoms with Crippen LogP contribution in [-0.4, -0.2) is 23.3 Å². The molecule has 2 fully saturated rings. The molecule has 3 heteroatoms. The summed E-state index contributed by atoms with van der Waals surface area (Å²) in [6.07, 6.45) is 5.08. The summed E-state index contributed by atoms with van der Waals surface area (Å²) in [6, 6.07) is 0. The van der Waals surface area contributed by atoms with E-state index in [0.717, 1.165) is 12.8 Å². The average molecular weight is 251 g/mol. The van der Waals surface area contributed by atoms with Crippen molar-refractivity contribution in [1.29, 1.82) is 0 Å². The van der Waals surface area contributed by atoms with Crippen LogP contribution in [0.2, 0.25) is 0 Å². The first kappa shape index (κ1) is 13.6. The second-order valence-electron chi connectivity index (χ2n) is 7.48. The number of likely N-dealkylation sites (tertiary alicyclic amines) is 1. The fourth-order valence-corrected chi connectivity index (χ4v) is 3.11. The molecule has 2 rings (SSSR count). The molecule has 18 heavy (non-hydrogen) atoms. The Labute approximate surface area is 110 Å². The molecule has 0 N–H and O–H groups in total. The van der Waals surface area contributed by atoms with Crippen LogP contribution in [0.5, 0.6) is 0 Å². The second kappa shape index (κ2) is 4.36. The zero-order chi connectivity index (χ0) is 13.6. The van der Waals surface area contributed by atoms with Gasteiger partial charge in [-0.05, 0) is 37.0 Å². The Morgan fingerprint density at radius 3 is 2.11 bits per heavy atom. The van der Waals surface area contributed by atoms with E-state index in [4.69, 9.17) is 0 Å². The zero-order valence-electron chi connectivity index (χ0n) is 12.1. The Bertz CT molecular complexity index is 361. The first-order valence-electron chi connectivity index (χ1n) is 7.06. The molecule has 2 aliphatic rings. The van der Waals surface area contributed by atoms with Gasteiger partial charge in [0.1, 0.15) is 0 Å². The quantitative estimate of drug-likeness (QED) is 0.707. The van der Waals surface area contributed by atoms with Gasteiger partial charge >= 0.3 is 0 Å². The molecule has 0 aromatic heterocycles. The molecule has 0 bridgehead atoms. The lowest BCUT2D eigenvalue weighted by molar-refractivity contribution is -0.141. The largest absolute Gasteiger partial charge is 0.282 e. The maximum Gasteiger partial charge on any atom is 0.235 e. The van der Waals surface area contributed by atoms with Gasteiger partial charge in [0, 0.05) is 13.0 Å². The number of amides is 2. The van der Waals surface area contributed by atoms with Crippen LogP contribution in [-0.2, 0) is 9.59 Å². The van der Waals surface area contributed by atoms with Crippen molar-refractivity contribution >= 4 is 11.8 Å². The fraction of sp³-hybridized carbons (Fsp3) is 0.867. The van der Waals surface area contributed by atoms with Crippen LogP contribution in [0.25, 0.3) is 0 Å². The summed E-state index contributed by atoms with van der Waals surface area (Å²) in [5, 5.41) is 0. The molecule has 1 aliphatic heterocycles. The minimum atomic E-state index is -0.481. The van der Waals surface area contributed by atoms with Crippen LogP contribution < -0.4 is 0 Å². The van der Waals surface area contributed by atoms with Gasteiger partial charge in [-0.2, -0.15) is 0 Å². The maximum absolute atomic E-state index is 12.1. The second-order valence-corrected chi connectivity index (χ2v) is 7.48. The lowest BCUT2D eigenvalue weighted by atomic mass is 9.73. The highest BCUT2D eigenvalue weighted by Gasteiger charge is 2.45. The molecule has 0 spiro atoms. The van der Waals surface area contributed by atoms with Crippen molar-refractivity contribution < 1.29 is 9.59 Å². The Morgan fingerprint density at radius 2 is 1.67 bits per heavy atom. The van der Waals surface area contributed by atoms with E-state index in [-0.39, 0.29) is 11.8 Å². The van der Waals surface area contributed by atoms with Crippen LogP contribution >= 0.6 is 0 Å². The normalized spacial score (nSPS) is 27.9. The first-order chi connectivity index (χ1) is 8.21. The first-order valence-corrected chi connectivity index (χ1v) is 7.06. The van der Waals surface area contributed by atoms with Crippen molar-refractivity contribution in [3.63, 3.8) is 0 Å². The molecule has 1 saturated carbocycles. The highest BCUT2D eigenvalue weighted by atomic mass is 16.2. The lowest BCUT2D eigenvalue weighted by Crippen LogP contribution is -2.38. The van der Waals surface area contributed by atoms with E-state index in [0.29, 0.717) is 24.3 Å². The van der Waals surface area contributed by atoms with E-state index in [9.17, 15) is 9.59 Å². The molecule has 1 aliphatic carbocycles. The fourth-order valence-electron chi connectivity index (χ4n) is 3.11. The van der Waals surface area contributed by atoms with Crippen molar-refractivity contribution in [2.24, 2.45) is 16.7 Å². The molecular formula is C15H25NO2. The van der Waals surface area contributed by atoms with Crippen LogP contribution in [0.4, 0.5) is 0 Å². The molecular weight excluding hydrogens is 226 g/mol. The van der Waals surface area contributed by atoms with Gasteiger partial charge in [-0.3, -0.25) is 14.5 Å². The van der Waals surface area contributed by atoms with Crippen molar-refractivity contribution in [1.82, 2.24) is 4.90 Å². The van der Waals surface area contributed by atoms with Gasteiger partial charge in [0.2, 0.25) is 11.8 Å². The molecule has 2 amide bonds. The number of carbonyl (C=O) groups is 2. The number of carbonyl (C=O) groups excluding carboxylic acids is 2. The molecule has 102 valence electrons. The molecule has 1 saturated heterocycles. The summed E-state index contributed by atoms with van der Waals surface area (Å²) in [6.45, 7) is 9.00. The molecule has 1 heterocycles. The van der Waals surface area contributed by atoms with Crippen molar-refractivity contribution in [2.45, 2.75) is 59.8 Å². The number of nitrogens with zero attached hydrogens (tertiary/aromatic N) is 1. The van der Waals surface area contributed by atoms with Crippen molar-refractivity contribution in [2.75, 3.05) is 6.54 Å². The van der Waals surface area contributed by atoms with Crippen LogP contribution in [0.3, 0.4) is 0 Å². The average Bonchev–Trinajstić information content (AvgIpc) is 2.43. The molecule has 0 unspecified atom stereocenters. The smallest absolute Gasteiger partial charge is 0.235 e. The van der Waals surface area contributed by atoms with Gasteiger partial charge in [0.15, 0.2) is 0 Å². The third-order valence-corrected chi connectivity index (χ3v) is 4.62. The number of hydrogen-bond donors (Lipinski definition) is 0. The van der Waals surface area contributed by atoms with E-state index < -0.39 is 5.41 Å². The third-order valence-electron chi connectivity index (χ3n) is 4.62. The predicted octanol–water partition coefficient (Wildman–Crippen LogP) is 2.99. The Morgan fingerprint density at radius 1 is 1.11 bits per heavy atom. The lowest BCUT2D eigenvalue weighted by Gasteiger charge is -2.35. The number of hydrogen-bond acceptors (Lipinski definition) is 2. The van der Waals surface area contributed by atoms with Crippen LogP contribution in [0.15, 0.2) is 0 Å². The standard InChI is InChI=1S/C15H25NO2/c1-14(2)7-5-11(6-8-14)10-16-12(17)9-15(3,4)13(16)18/h11H,5-10H2,1-4H3. The van der Waals surface area contributed by atoms with E-state index in [1.807, 2.05) is 13.8 Å². The molecule has 0 aromatic carbocycles. The number of rotatable bonds is 2. The summed E-state index contributed by atoms with van der Waals surface area (Å²) in [7, 11) is 0. The van der Waals surface area contributed by atoms with E-state index in [1.165, 1.54) is 17.7 Å². The van der Waals surface area contributed by atoms with E-state index in [2.05, 4.69) is 13.8 Å². The number of imide groups is 1. The highest BCUT2D eigenvalue weighted by Crippen LogP contribution is 2.39. The molecule has 0 aromatic rings. The third kappa shape index (κ3) is 2.60. The Hall–Kier alpha value is -0.860. The summed E-state index contributed by atoms with van der Waals surface area (Å²) in [4.78, 5) is 25.6. The minimum Gasteiger partial charge on any atom is -0.282 e. The topological polar surface area (TPSA) is 37.4 Å². The predicted molar refractivity (Wildman–Crippen MR) is 70.9 cm³/mol. The minimum absolute atomic E-state index is 0.0230. The molecule has 0 atom stereocenters. The summed E-state index contributed by atoms with van der Waals surface area (Å²) >= 11 is 0. The van der Waals surface area contributed by atoms with Gasteiger partial charge < -0.3 is 0 Å². The summed E-state index contributed by atoms with van der Waals surface area (Å²) in [5.74, 6) is 0.562. The maximum atomic E-state index is 12.1. The van der Waals surface area contributed by atoms with Gasteiger partial charge in [-0.15, -0.1) is 0 Å². The zero-order valence-corrected chi connectivity index (χ0v) is 12.1. The van der Waals surface area contributed by atoms with Crippen molar-refractivity contribution in [3.05, 3.63) is 0 Å². The Balaban J connectivity index is 1.95. The van der Waals surface area contributed by atoms with Gasteiger partial charge in [-0.25, -0.2) is 0 Å². The van der Waals surface area contributed by atoms with Gasteiger partial charge in [0.05, 0.1) is 5.41 Å². The van der Waals surface area contributed by atoms with Gasteiger partial charge in [0.25, 0.3) is 0 Å². The summed E-state index contributed by atoms with van der Waals surface area (Å²) < 4.78 is 0. The monoisotopic (exact) mass is 251 g/mol.